The molecule has 8 nitrogen and oxygen atoms in total. The third-order valence-electron chi connectivity index (χ3n) is 6.32. The quantitative estimate of drug-likeness (QED) is 0.422. The molecule has 0 aliphatic carbocycles. The van der Waals surface area contributed by atoms with E-state index < -0.39 is 0 Å². The van der Waals surface area contributed by atoms with E-state index in [0.29, 0.717) is 24.0 Å². The summed E-state index contributed by atoms with van der Waals surface area (Å²) in [5.74, 6) is 1.10. The molecule has 1 aliphatic heterocycles. The van der Waals surface area contributed by atoms with Crippen LogP contribution in [-0.2, 0) is 13.0 Å². The van der Waals surface area contributed by atoms with Crippen LogP contribution < -0.4 is 10.6 Å². The van der Waals surface area contributed by atoms with Crippen molar-refractivity contribution in [1.82, 2.24) is 30.4 Å². The molecule has 1 unspecified atom stereocenters. The van der Waals surface area contributed by atoms with Crippen LogP contribution in [0, 0.1) is 11.7 Å². The molecule has 2 amide bonds. The number of hydrogen-bond donors (Lipinski definition) is 2. The standard InChI is InChI=1S/C26H34FN7O/c1-2-14-34-25(30-31-32-34)22-7-3-8-24(18-22)29-26(35)28-13-5-16-33-15-4-6-21(19-33)17-20-9-11-23(27)12-10-20/h3,7-12,18,21H,2,4-6,13-17,19H2,1H3,(H2,28,29,35). The highest BCUT2D eigenvalue weighted by molar-refractivity contribution is 5.89. The number of likely N-dealkylation sites (tertiary alicyclic amines) is 1. The first-order chi connectivity index (χ1) is 17.1. The molecule has 1 fully saturated rings. The fourth-order valence-corrected chi connectivity index (χ4v) is 4.66. The topological polar surface area (TPSA) is 88.0 Å². The maximum atomic E-state index is 13.1. The first kappa shape index (κ1) is 24.8. The Balaban J connectivity index is 1.18. The lowest BCUT2D eigenvalue weighted by atomic mass is 9.91. The van der Waals surface area contributed by atoms with Gasteiger partial charge in [0.15, 0.2) is 5.82 Å². The summed E-state index contributed by atoms with van der Waals surface area (Å²) in [5.41, 5.74) is 2.76. The highest BCUT2D eigenvalue weighted by atomic mass is 19.1. The molecule has 2 N–H and O–H groups in total. The van der Waals surface area contributed by atoms with Gasteiger partial charge in [0.05, 0.1) is 0 Å². The van der Waals surface area contributed by atoms with Crippen molar-refractivity contribution in [3.8, 4) is 11.4 Å². The zero-order chi connectivity index (χ0) is 24.5. The Kier molecular flexibility index (Phi) is 8.78. The fraction of sp³-hybridized carbons (Fsp3) is 0.462. The Morgan fingerprint density at radius 1 is 1.17 bits per heavy atom. The molecule has 1 atom stereocenters. The first-order valence-corrected chi connectivity index (χ1v) is 12.5. The first-order valence-electron chi connectivity index (χ1n) is 12.5. The minimum absolute atomic E-state index is 0.183. The zero-order valence-electron chi connectivity index (χ0n) is 20.3. The number of halogens is 1. The third-order valence-corrected chi connectivity index (χ3v) is 6.32. The zero-order valence-corrected chi connectivity index (χ0v) is 20.3. The number of amides is 2. The predicted molar refractivity (Wildman–Crippen MR) is 134 cm³/mol. The van der Waals surface area contributed by atoms with Crippen molar-refractivity contribution in [2.45, 2.75) is 45.6 Å². The molecule has 2 aromatic carbocycles. The Morgan fingerprint density at radius 2 is 2.03 bits per heavy atom. The number of rotatable bonds is 10. The molecule has 1 saturated heterocycles. The molecule has 4 rings (SSSR count). The number of hydrogen-bond acceptors (Lipinski definition) is 5. The number of anilines is 1. The second kappa shape index (κ2) is 12.4. The van der Waals surface area contributed by atoms with Gasteiger partial charge in [0.1, 0.15) is 5.82 Å². The minimum Gasteiger partial charge on any atom is -0.338 e. The van der Waals surface area contributed by atoms with Gasteiger partial charge in [0.25, 0.3) is 0 Å². The van der Waals surface area contributed by atoms with Gasteiger partial charge in [0, 0.05) is 30.9 Å². The molecule has 0 bridgehead atoms. The Labute approximate surface area is 205 Å². The Bertz CT molecular complexity index is 1090. The summed E-state index contributed by atoms with van der Waals surface area (Å²) in [4.78, 5) is 14.9. The molecule has 0 saturated carbocycles. The van der Waals surface area contributed by atoms with E-state index in [1.165, 1.54) is 18.4 Å². The van der Waals surface area contributed by atoms with Crippen LogP contribution in [0.1, 0.15) is 38.2 Å². The summed E-state index contributed by atoms with van der Waals surface area (Å²) >= 11 is 0. The van der Waals surface area contributed by atoms with Crippen molar-refractivity contribution in [2.24, 2.45) is 5.92 Å². The molecule has 35 heavy (non-hydrogen) atoms. The summed E-state index contributed by atoms with van der Waals surface area (Å²) in [6.07, 6.45) is 5.20. The Hall–Kier alpha value is -3.33. The minimum atomic E-state index is -0.219. The SMILES string of the molecule is CCCn1nnnc1-c1cccc(NC(=O)NCCCN2CCCC(Cc3ccc(F)cc3)C2)c1. The van der Waals surface area contributed by atoms with Gasteiger partial charge >= 0.3 is 6.03 Å². The molecule has 1 aromatic heterocycles. The number of aromatic nitrogens is 4. The van der Waals surface area contributed by atoms with E-state index in [9.17, 15) is 9.18 Å². The summed E-state index contributed by atoms with van der Waals surface area (Å²) in [6.45, 7) is 6.52. The number of nitrogens with one attached hydrogen (secondary N) is 2. The second-order valence-corrected chi connectivity index (χ2v) is 9.18. The predicted octanol–water partition coefficient (Wildman–Crippen LogP) is 4.36. The van der Waals surface area contributed by atoms with Crippen molar-refractivity contribution in [3.63, 3.8) is 0 Å². The average molecular weight is 480 g/mol. The van der Waals surface area contributed by atoms with E-state index in [0.717, 1.165) is 51.0 Å². The molecular formula is C26H34FN7O. The number of urea groups is 1. The number of aryl methyl sites for hydroxylation is 1. The highest BCUT2D eigenvalue weighted by Gasteiger charge is 2.20. The van der Waals surface area contributed by atoms with Gasteiger partial charge in [-0.25, -0.2) is 13.9 Å². The summed E-state index contributed by atoms with van der Waals surface area (Å²) in [5, 5.41) is 17.8. The largest absolute Gasteiger partial charge is 0.338 e. The molecule has 0 spiro atoms. The van der Waals surface area contributed by atoms with Gasteiger partial charge in [-0.2, -0.15) is 0 Å². The van der Waals surface area contributed by atoms with Crippen LogP contribution in [0.5, 0.6) is 0 Å². The molecule has 1 aliphatic rings. The van der Waals surface area contributed by atoms with Gasteiger partial charge < -0.3 is 15.5 Å². The molecule has 186 valence electrons. The maximum absolute atomic E-state index is 13.1. The lowest BCUT2D eigenvalue weighted by molar-refractivity contribution is 0.172. The van der Waals surface area contributed by atoms with Gasteiger partial charge in [0.2, 0.25) is 0 Å². The van der Waals surface area contributed by atoms with E-state index in [1.807, 2.05) is 36.4 Å². The lowest BCUT2D eigenvalue weighted by Crippen LogP contribution is -2.38. The maximum Gasteiger partial charge on any atom is 0.319 e. The number of carbonyl (C=O) groups is 1. The number of benzene rings is 2. The molecule has 0 radical (unpaired) electrons. The van der Waals surface area contributed by atoms with Gasteiger partial charge in [-0.05, 0) is 91.4 Å². The second-order valence-electron chi connectivity index (χ2n) is 9.18. The number of piperidine rings is 1. The van der Waals surface area contributed by atoms with Crippen molar-refractivity contribution in [3.05, 3.63) is 59.9 Å². The van der Waals surface area contributed by atoms with Gasteiger partial charge in [-0.3, -0.25) is 0 Å². The van der Waals surface area contributed by atoms with Crippen LogP contribution in [0.4, 0.5) is 14.9 Å². The smallest absolute Gasteiger partial charge is 0.319 e. The molecule has 3 aromatic rings. The van der Waals surface area contributed by atoms with Crippen LogP contribution in [0.15, 0.2) is 48.5 Å². The van der Waals surface area contributed by atoms with Crippen LogP contribution in [0.25, 0.3) is 11.4 Å². The normalized spacial score (nSPS) is 16.2. The summed E-state index contributed by atoms with van der Waals surface area (Å²) in [7, 11) is 0. The summed E-state index contributed by atoms with van der Waals surface area (Å²) < 4.78 is 14.9. The van der Waals surface area contributed by atoms with Crippen LogP contribution in [-0.4, -0.2) is 57.3 Å². The van der Waals surface area contributed by atoms with Gasteiger partial charge in [-0.1, -0.05) is 31.2 Å². The third kappa shape index (κ3) is 7.32. The van der Waals surface area contributed by atoms with Crippen molar-refractivity contribution < 1.29 is 9.18 Å². The van der Waals surface area contributed by atoms with Crippen LogP contribution >= 0.6 is 0 Å². The Morgan fingerprint density at radius 3 is 2.86 bits per heavy atom. The number of carbonyl (C=O) groups excluding carboxylic acids is 1. The van der Waals surface area contributed by atoms with E-state index in [1.54, 1.807) is 16.8 Å². The highest BCUT2D eigenvalue weighted by Crippen LogP contribution is 2.22. The van der Waals surface area contributed by atoms with Crippen LogP contribution in [0.2, 0.25) is 0 Å². The molecule has 2 heterocycles. The van der Waals surface area contributed by atoms with Gasteiger partial charge in [-0.15, -0.1) is 5.10 Å². The monoisotopic (exact) mass is 479 g/mol. The van der Waals surface area contributed by atoms with E-state index in [-0.39, 0.29) is 11.8 Å². The van der Waals surface area contributed by atoms with E-state index in [2.05, 4.69) is 38.0 Å². The fourth-order valence-electron chi connectivity index (χ4n) is 4.66. The number of tetrazole rings is 1. The molecular weight excluding hydrogens is 445 g/mol. The number of nitrogens with zero attached hydrogens (tertiary/aromatic N) is 5. The van der Waals surface area contributed by atoms with E-state index >= 15 is 0 Å². The summed E-state index contributed by atoms with van der Waals surface area (Å²) in [6, 6.07) is 14.2. The van der Waals surface area contributed by atoms with Crippen molar-refractivity contribution in [2.75, 3.05) is 31.5 Å². The average Bonchev–Trinajstić information content (AvgIpc) is 3.32. The van der Waals surface area contributed by atoms with Crippen LogP contribution in [0.3, 0.4) is 0 Å². The molecule has 9 heteroatoms. The van der Waals surface area contributed by atoms with E-state index in [4.69, 9.17) is 0 Å². The van der Waals surface area contributed by atoms with Crippen molar-refractivity contribution in [1.29, 1.82) is 0 Å². The van der Waals surface area contributed by atoms with Crippen molar-refractivity contribution >= 4 is 11.7 Å². The lowest BCUT2D eigenvalue weighted by Gasteiger charge is -2.32.